The highest BCUT2D eigenvalue weighted by atomic mass is 32.1. The van der Waals surface area contributed by atoms with Gasteiger partial charge in [-0.2, -0.15) is 0 Å². The van der Waals surface area contributed by atoms with Crippen molar-refractivity contribution in [3.63, 3.8) is 0 Å². The molecule has 1 aromatic heterocycles. The fourth-order valence-corrected chi connectivity index (χ4v) is 2.46. The largest absolute Gasteiger partial charge is 0.461 e. The van der Waals surface area contributed by atoms with Gasteiger partial charge in [-0.05, 0) is 27.7 Å². The van der Waals surface area contributed by atoms with Crippen molar-refractivity contribution in [1.82, 2.24) is 9.88 Å². The standard InChI is InChI=1S/C13H21N3O3S/c1-5-16(6-2)11(17)9(4)14-13-15-10(8-20-13)12(18)19-7-3/h8-9H,5-7H2,1-4H3,(H,14,15). The Morgan fingerprint density at radius 2 is 2.05 bits per heavy atom. The van der Waals surface area contributed by atoms with Gasteiger partial charge in [-0.25, -0.2) is 9.78 Å². The molecule has 0 saturated heterocycles. The Hall–Kier alpha value is -1.63. The van der Waals surface area contributed by atoms with E-state index < -0.39 is 5.97 Å². The second-order valence-electron chi connectivity index (χ2n) is 4.13. The maximum absolute atomic E-state index is 12.1. The van der Waals surface area contributed by atoms with Gasteiger partial charge in [0.1, 0.15) is 6.04 Å². The Bertz CT molecular complexity index is 457. The number of anilines is 1. The maximum atomic E-state index is 12.1. The molecule has 1 aromatic rings. The van der Waals surface area contributed by atoms with E-state index in [0.717, 1.165) is 0 Å². The van der Waals surface area contributed by atoms with Crippen molar-refractivity contribution in [2.75, 3.05) is 25.0 Å². The molecule has 0 bridgehead atoms. The summed E-state index contributed by atoms with van der Waals surface area (Å²) >= 11 is 1.28. The van der Waals surface area contributed by atoms with E-state index >= 15 is 0 Å². The quantitative estimate of drug-likeness (QED) is 0.780. The van der Waals surface area contributed by atoms with Crippen LogP contribution in [-0.2, 0) is 9.53 Å². The molecule has 0 aliphatic rings. The molecule has 0 aliphatic heterocycles. The number of esters is 1. The Kier molecular flexibility index (Phi) is 6.44. The number of hydrogen-bond donors (Lipinski definition) is 1. The van der Waals surface area contributed by atoms with Crippen LogP contribution in [-0.4, -0.2) is 47.5 Å². The first kappa shape index (κ1) is 16.4. The molecule has 0 fully saturated rings. The van der Waals surface area contributed by atoms with E-state index in [2.05, 4.69) is 10.3 Å². The normalized spacial score (nSPS) is 11.8. The second-order valence-corrected chi connectivity index (χ2v) is 4.99. The average molecular weight is 299 g/mol. The zero-order valence-corrected chi connectivity index (χ0v) is 13.1. The predicted molar refractivity (Wildman–Crippen MR) is 79.1 cm³/mol. The molecule has 20 heavy (non-hydrogen) atoms. The van der Waals surface area contributed by atoms with E-state index in [1.165, 1.54) is 11.3 Å². The summed E-state index contributed by atoms with van der Waals surface area (Å²) < 4.78 is 4.87. The van der Waals surface area contributed by atoms with E-state index in [1.807, 2.05) is 13.8 Å². The molecule has 1 heterocycles. The van der Waals surface area contributed by atoms with Crippen LogP contribution in [0.2, 0.25) is 0 Å². The van der Waals surface area contributed by atoms with Crippen molar-refractivity contribution < 1.29 is 14.3 Å². The van der Waals surface area contributed by atoms with Gasteiger partial charge in [0.15, 0.2) is 10.8 Å². The third kappa shape index (κ3) is 4.19. The molecule has 0 spiro atoms. The van der Waals surface area contributed by atoms with Crippen molar-refractivity contribution in [3.8, 4) is 0 Å². The number of nitrogens with zero attached hydrogens (tertiary/aromatic N) is 2. The van der Waals surface area contributed by atoms with Crippen LogP contribution in [0, 0.1) is 0 Å². The zero-order chi connectivity index (χ0) is 15.1. The Morgan fingerprint density at radius 3 is 2.60 bits per heavy atom. The van der Waals surface area contributed by atoms with Crippen LogP contribution in [0.3, 0.4) is 0 Å². The summed E-state index contributed by atoms with van der Waals surface area (Å²) in [7, 11) is 0. The Labute approximate surface area is 123 Å². The maximum Gasteiger partial charge on any atom is 0.357 e. The first-order valence-electron chi connectivity index (χ1n) is 6.71. The molecule has 0 aromatic carbocycles. The van der Waals surface area contributed by atoms with Gasteiger partial charge in [0.2, 0.25) is 5.91 Å². The number of rotatable bonds is 7. The zero-order valence-electron chi connectivity index (χ0n) is 12.3. The van der Waals surface area contributed by atoms with Gasteiger partial charge in [0.05, 0.1) is 6.61 Å². The van der Waals surface area contributed by atoms with Crippen LogP contribution < -0.4 is 5.32 Å². The number of thiazole rings is 1. The van der Waals surface area contributed by atoms with E-state index in [9.17, 15) is 9.59 Å². The minimum Gasteiger partial charge on any atom is -0.461 e. The van der Waals surface area contributed by atoms with E-state index in [0.29, 0.717) is 24.8 Å². The highest BCUT2D eigenvalue weighted by Gasteiger charge is 2.20. The monoisotopic (exact) mass is 299 g/mol. The Balaban J connectivity index is 2.64. The fourth-order valence-electron chi connectivity index (χ4n) is 1.69. The number of amides is 1. The lowest BCUT2D eigenvalue weighted by Crippen LogP contribution is -2.41. The molecule has 1 N–H and O–H groups in total. The van der Waals surface area contributed by atoms with Crippen molar-refractivity contribution in [1.29, 1.82) is 0 Å². The molecule has 0 radical (unpaired) electrons. The molecule has 112 valence electrons. The van der Waals surface area contributed by atoms with Gasteiger partial charge >= 0.3 is 5.97 Å². The van der Waals surface area contributed by atoms with Crippen molar-refractivity contribution in [3.05, 3.63) is 11.1 Å². The van der Waals surface area contributed by atoms with Gasteiger partial charge < -0.3 is 15.0 Å². The van der Waals surface area contributed by atoms with E-state index in [4.69, 9.17) is 4.74 Å². The van der Waals surface area contributed by atoms with Gasteiger partial charge in [0.25, 0.3) is 0 Å². The van der Waals surface area contributed by atoms with E-state index in [-0.39, 0.29) is 17.6 Å². The van der Waals surface area contributed by atoms with Crippen molar-refractivity contribution in [2.45, 2.75) is 33.7 Å². The van der Waals surface area contributed by atoms with E-state index in [1.54, 1.807) is 24.1 Å². The minimum absolute atomic E-state index is 0.0166. The Morgan fingerprint density at radius 1 is 1.40 bits per heavy atom. The topological polar surface area (TPSA) is 71.5 Å². The first-order chi connectivity index (χ1) is 9.53. The number of nitrogens with one attached hydrogen (secondary N) is 1. The number of aromatic nitrogens is 1. The molecule has 0 saturated carbocycles. The summed E-state index contributed by atoms with van der Waals surface area (Å²) in [4.78, 5) is 29.5. The molecule has 1 atom stereocenters. The van der Waals surface area contributed by atoms with Crippen LogP contribution in [0.5, 0.6) is 0 Å². The van der Waals surface area contributed by atoms with Crippen LogP contribution in [0.25, 0.3) is 0 Å². The number of carbonyl (C=O) groups excluding carboxylic acids is 2. The van der Waals surface area contributed by atoms with Crippen LogP contribution in [0.15, 0.2) is 5.38 Å². The number of likely N-dealkylation sites (N-methyl/N-ethyl adjacent to an activating group) is 1. The molecule has 7 heteroatoms. The molecule has 1 amide bonds. The lowest BCUT2D eigenvalue weighted by molar-refractivity contribution is -0.131. The number of carbonyl (C=O) groups is 2. The van der Waals surface area contributed by atoms with Gasteiger partial charge in [-0.15, -0.1) is 11.3 Å². The summed E-state index contributed by atoms with van der Waals surface area (Å²) in [5.74, 6) is -0.428. The highest BCUT2D eigenvalue weighted by Crippen LogP contribution is 2.17. The molecule has 0 aliphatic carbocycles. The van der Waals surface area contributed by atoms with Gasteiger partial charge in [0, 0.05) is 18.5 Å². The molecule has 1 rings (SSSR count). The molecule has 6 nitrogen and oxygen atoms in total. The smallest absolute Gasteiger partial charge is 0.357 e. The SMILES string of the molecule is CCOC(=O)c1csc(NC(C)C(=O)N(CC)CC)n1. The molecular formula is C13H21N3O3S. The lowest BCUT2D eigenvalue weighted by atomic mass is 10.3. The lowest BCUT2D eigenvalue weighted by Gasteiger charge is -2.23. The van der Waals surface area contributed by atoms with Crippen molar-refractivity contribution >= 4 is 28.3 Å². The highest BCUT2D eigenvalue weighted by molar-refractivity contribution is 7.13. The minimum atomic E-state index is -0.445. The summed E-state index contributed by atoms with van der Waals surface area (Å²) in [6.07, 6.45) is 0. The average Bonchev–Trinajstić information content (AvgIpc) is 2.88. The second kappa shape index (κ2) is 7.84. The predicted octanol–water partition coefficient (Wildman–Crippen LogP) is 1.99. The van der Waals surface area contributed by atoms with Gasteiger partial charge in [-0.1, -0.05) is 0 Å². The fraction of sp³-hybridized carbons (Fsp3) is 0.615. The number of hydrogen-bond acceptors (Lipinski definition) is 6. The van der Waals surface area contributed by atoms with Crippen LogP contribution in [0.4, 0.5) is 5.13 Å². The molecule has 1 unspecified atom stereocenters. The summed E-state index contributed by atoms with van der Waals surface area (Å²) in [6, 6.07) is -0.379. The summed E-state index contributed by atoms with van der Waals surface area (Å²) in [6.45, 7) is 9.07. The number of ether oxygens (including phenoxy) is 1. The summed E-state index contributed by atoms with van der Waals surface area (Å²) in [5, 5.41) is 5.18. The third-order valence-electron chi connectivity index (χ3n) is 2.77. The third-order valence-corrected chi connectivity index (χ3v) is 3.55. The van der Waals surface area contributed by atoms with Crippen molar-refractivity contribution in [2.24, 2.45) is 0 Å². The first-order valence-corrected chi connectivity index (χ1v) is 7.59. The molecular weight excluding hydrogens is 278 g/mol. The summed E-state index contributed by atoms with van der Waals surface area (Å²) in [5.41, 5.74) is 0.266. The van der Waals surface area contributed by atoms with Crippen LogP contribution >= 0.6 is 11.3 Å². The van der Waals surface area contributed by atoms with Crippen LogP contribution in [0.1, 0.15) is 38.2 Å². The van der Waals surface area contributed by atoms with Gasteiger partial charge in [-0.3, -0.25) is 4.79 Å².